The average molecular weight is 433 g/mol. The summed E-state index contributed by atoms with van der Waals surface area (Å²) in [5.74, 6) is -1.14. The lowest BCUT2D eigenvalue weighted by atomic mass is 9.35. The third-order valence-corrected chi connectivity index (χ3v) is 8.44. The van der Waals surface area contributed by atoms with E-state index in [9.17, 15) is 19.5 Å². The van der Waals surface area contributed by atoms with Crippen LogP contribution in [0.1, 0.15) is 61.8 Å². The van der Waals surface area contributed by atoms with Gasteiger partial charge in [0, 0.05) is 34.3 Å². The minimum absolute atomic E-state index is 0.0568. The molecule has 8 unspecified atom stereocenters. The van der Waals surface area contributed by atoms with Gasteiger partial charge in [-0.15, -0.1) is 0 Å². The molecule has 4 saturated carbocycles. The van der Waals surface area contributed by atoms with Crippen LogP contribution in [0.25, 0.3) is 0 Å². The SMILES string of the molecule is CC=C(C)C(=O)OC1C(OC(=O)C(C)=CC)C(C)(C)C2C3C(=O)CC(C)C2C3(C)C1O. The maximum atomic E-state index is 13.1. The predicted molar refractivity (Wildman–Crippen MR) is 116 cm³/mol. The van der Waals surface area contributed by atoms with E-state index in [0.29, 0.717) is 17.6 Å². The fourth-order valence-electron chi connectivity index (χ4n) is 6.57. The molecule has 0 saturated heterocycles. The highest BCUT2D eigenvalue weighted by molar-refractivity contribution is 5.89. The number of allylic oxidation sites excluding steroid dienone is 2. The summed E-state index contributed by atoms with van der Waals surface area (Å²) >= 11 is 0. The van der Waals surface area contributed by atoms with E-state index < -0.39 is 41.1 Å². The first-order valence-corrected chi connectivity index (χ1v) is 11.2. The number of ether oxygens (including phenoxy) is 2. The molecule has 0 spiro atoms. The average Bonchev–Trinajstić information content (AvgIpc) is 2.78. The van der Waals surface area contributed by atoms with Gasteiger partial charge in [0.05, 0.1) is 0 Å². The minimum atomic E-state index is -1.12. The normalized spacial score (nSPS) is 41.7. The van der Waals surface area contributed by atoms with Gasteiger partial charge in [0.2, 0.25) is 0 Å². The Kier molecular flexibility index (Phi) is 6.02. The maximum Gasteiger partial charge on any atom is 0.333 e. The molecule has 0 aliphatic heterocycles. The molecule has 4 aliphatic carbocycles. The van der Waals surface area contributed by atoms with Crippen LogP contribution < -0.4 is 0 Å². The molecule has 6 heteroatoms. The van der Waals surface area contributed by atoms with Crippen LogP contribution in [0.3, 0.4) is 0 Å². The van der Waals surface area contributed by atoms with Gasteiger partial charge in [-0.05, 0) is 45.4 Å². The van der Waals surface area contributed by atoms with E-state index in [1.54, 1.807) is 39.8 Å². The number of carbonyl (C=O) groups is 3. The van der Waals surface area contributed by atoms with Crippen molar-refractivity contribution in [2.75, 3.05) is 0 Å². The van der Waals surface area contributed by atoms with E-state index in [2.05, 4.69) is 0 Å². The van der Waals surface area contributed by atoms with E-state index in [4.69, 9.17) is 9.47 Å². The standard InChI is InChI=1S/C25H36O6/c1-9-12(3)22(28)30-19-20(27)25(8)16-14(5)11-15(26)17(25)18(16)24(6,7)21(19)31-23(29)13(4)10-2/h9-10,14,16-21,27H,11H2,1-8H3. The highest BCUT2D eigenvalue weighted by atomic mass is 16.6. The largest absolute Gasteiger partial charge is 0.454 e. The summed E-state index contributed by atoms with van der Waals surface area (Å²) in [6, 6.07) is 0. The topological polar surface area (TPSA) is 89.9 Å². The Balaban J connectivity index is 2.12. The zero-order valence-electron chi connectivity index (χ0n) is 19.9. The number of fused-ring (bicyclic) bond motifs is 3. The first-order valence-electron chi connectivity index (χ1n) is 11.2. The summed E-state index contributed by atoms with van der Waals surface area (Å²) in [4.78, 5) is 38.5. The van der Waals surface area contributed by atoms with Gasteiger partial charge in [-0.3, -0.25) is 4.79 Å². The monoisotopic (exact) mass is 432 g/mol. The molecule has 0 aromatic heterocycles. The Morgan fingerprint density at radius 2 is 1.52 bits per heavy atom. The zero-order valence-corrected chi connectivity index (χ0v) is 19.9. The van der Waals surface area contributed by atoms with Gasteiger partial charge in [0.15, 0.2) is 6.10 Å². The third kappa shape index (κ3) is 3.29. The lowest BCUT2D eigenvalue weighted by Gasteiger charge is -2.68. The summed E-state index contributed by atoms with van der Waals surface area (Å²) < 4.78 is 11.8. The van der Waals surface area contributed by atoms with Gasteiger partial charge in [-0.25, -0.2) is 9.59 Å². The van der Waals surface area contributed by atoms with Crippen LogP contribution in [0.2, 0.25) is 0 Å². The second-order valence-electron chi connectivity index (χ2n) is 10.4. The molecule has 1 N–H and O–H groups in total. The molecule has 4 rings (SSSR count). The third-order valence-electron chi connectivity index (χ3n) is 8.44. The predicted octanol–water partition coefficient (Wildman–Crippen LogP) is 3.62. The van der Waals surface area contributed by atoms with Gasteiger partial charge in [0.1, 0.15) is 18.0 Å². The molecular formula is C25H36O6. The van der Waals surface area contributed by atoms with Crippen LogP contribution in [0.5, 0.6) is 0 Å². The van der Waals surface area contributed by atoms with E-state index in [-0.39, 0.29) is 29.5 Å². The van der Waals surface area contributed by atoms with Crippen molar-refractivity contribution >= 4 is 17.7 Å². The highest BCUT2D eigenvalue weighted by Gasteiger charge is 2.77. The second kappa shape index (κ2) is 7.88. The van der Waals surface area contributed by atoms with Crippen LogP contribution in [0.4, 0.5) is 0 Å². The first-order chi connectivity index (χ1) is 14.3. The smallest absolute Gasteiger partial charge is 0.333 e. The van der Waals surface area contributed by atoms with Crippen molar-refractivity contribution in [1.82, 2.24) is 0 Å². The molecule has 0 aromatic rings. The maximum absolute atomic E-state index is 13.1. The van der Waals surface area contributed by atoms with E-state index >= 15 is 0 Å². The molecule has 4 fully saturated rings. The Bertz CT molecular complexity index is 852. The lowest BCUT2D eigenvalue weighted by Crippen LogP contribution is -2.70. The van der Waals surface area contributed by atoms with Crippen molar-refractivity contribution < 1.29 is 29.0 Å². The van der Waals surface area contributed by atoms with E-state index in [1.807, 2.05) is 27.7 Å². The Labute approximate surface area is 185 Å². The van der Waals surface area contributed by atoms with Gasteiger partial charge in [-0.1, -0.05) is 39.8 Å². The van der Waals surface area contributed by atoms with Gasteiger partial charge >= 0.3 is 11.9 Å². The molecule has 0 amide bonds. The summed E-state index contributed by atoms with van der Waals surface area (Å²) in [6.45, 7) is 14.7. The summed E-state index contributed by atoms with van der Waals surface area (Å²) in [5, 5.41) is 11.6. The number of Topliss-reactive ketones (excluding diaryl/α,β-unsaturated/α-hetero) is 1. The minimum Gasteiger partial charge on any atom is -0.454 e. The van der Waals surface area contributed by atoms with Crippen LogP contribution in [-0.2, 0) is 23.9 Å². The van der Waals surface area contributed by atoms with Crippen LogP contribution >= 0.6 is 0 Å². The molecule has 4 bridgehead atoms. The van der Waals surface area contributed by atoms with Gasteiger partial charge in [-0.2, -0.15) is 0 Å². The molecular weight excluding hydrogens is 396 g/mol. The second-order valence-corrected chi connectivity index (χ2v) is 10.4. The molecule has 0 radical (unpaired) electrons. The van der Waals surface area contributed by atoms with Crippen molar-refractivity contribution in [3.63, 3.8) is 0 Å². The molecule has 0 aromatic carbocycles. The molecule has 0 heterocycles. The molecule has 6 nitrogen and oxygen atoms in total. The van der Waals surface area contributed by atoms with Crippen molar-refractivity contribution in [2.24, 2.45) is 34.5 Å². The van der Waals surface area contributed by atoms with Crippen molar-refractivity contribution in [3.05, 3.63) is 23.3 Å². The number of ketones is 1. The molecule has 8 atom stereocenters. The van der Waals surface area contributed by atoms with Gasteiger partial charge in [0.25, 0.3) is 0 Å². The summed E-state index contributed by atoms with van der Waals surface area (Å²) in [7, 11) is 0. The Morgan fingerprint density at radius 3 is 2.00 bits per heavy atom. The number of hydrogen-bond donors (Lipinski definition) is 1. The van der Waals surface area contributed by atoms with Gasteiger partial charge < -0.3 is 14.6 Å². The Hall–Kier alpha value is -1.95. The quantitative estimate of drug-likeness (QED) is 0.539. The number of rotatable bonds is 4. The number of esters is 2. The van der Waals surface area contributed by atoms with Crippen LogP contribution in [0.15, 0.2) is 23.3 Å². The molecule has 172 valence electrons. The first kappa shape index (κ1) is 23.7. The van der Waals surface area contributed by atoms with Crippen molar-refractivity contribution in [2.45, 2.75) is 80.1 Å². The number of aliphatic hydroxyl groups excluding tert-OH is 1. The van der Waals surface area contributed by atoms with E-state index in [0.717, 1.165) is 0 Å². The fraction of sp³-hybridized carbons (Fsp3) is 0.720. The van der Waals surface area contributed by atoms with Crippen LogP contribution in [0, 0.1) is 34.5 Å². The van der Waals surface area contributed by atoms with Crippen molar-refractivity contribution in [1.29, 1.82) is 0 Å². The molecule has 31 heavy (non-hydrogen) atoms. The number of hydrogen-bond acceptors (Lipinski definition) is 6. The summed E-state index contributed by atoms with van der Waals surface area (Å²) in [5.41, 5.74) is -0.546. The number of carbonyl (C=O) groups excluding carboxylic acids is 3. The van der Waals surface area contributed by atoms with E-state index in [1.165, 1.54) is 0 Å². The zero-order chi connectivity index (χ0) is 23.5. The Morgan fingerprint density at radius 1 is 1.00 bits per heavy atom. The van der Waals surface area contributed by atoms with Crippen molar-refractivity contribution in [3.8, 4) is 0 Å². The van der Waals surface area contributed by atoms with Crippen LogP contribution in [-0.4, -0.2) is 41.1 Å². The number of aliphatic hydroxyl groups is 1. The molecule has 4 aliphatic rings. The highest BCUT2D eigenvalue weighted by Crippen LogP contribution is 2.72. The lowest BCUT2D eigenvalue weighted by molar-refractivity contribution is -0.236. The summed E-state index contributed by atoms with van der Waals surface area (Å²) in [6.07, 6.45) is 0.736. The fourth-order valence-corrected chi connectivity index (χ4v) is 6.57.